The lowest BCUT2D eigenvalue weighted by Crippen LogP contribution is -2.31. The molecule has 0 aliphatic rings. The molecule has 0 radical (unpaired) electrons. The lowest BCUT2D eigenvalue weighted by Gasteiger charge is -2.15. The number of rotatable bonds is 8. The molecule has 34 heavy (non-hydrogen) atoms. The fourth-order valence-corrected chi connectivity index (χ4v) is 3.66. The van der Waals surface area contributed by atoms with Crippen LogP contribution in [0.25, 0.3) is 0 Å². The first-order chi connectivity index (χ1) is 16.1. The fraction of sp³-hybridized carbons (Fsp3) is 0.261. The fourth-order valence-electron chi connectivity index (χ4n) is 3.25. The topological polar surface area (TPSA) is 106 Å². The van der Waals surface area contributed by atoms with E-state index in [2.05, 4.69) is 15.3 Å². The number of hydrogen-bond acceptors (Lipinski definition) is 5. The van der Waals surface area contributed by atoms with E-state index in [-0.39, 0.29) is 35.2 Å². The summed E-state index contributed by atoms with van der Waals surface area (Å²) in [6.45, 7) is 1.02. The van der Waals surface area contributed by atoms with Crippen LogP contribution in [0.15, 0.2) is 59.7 Å². The van der Waals surface area contributed by atoms with Crippen LogP contribution in [0.4, 0.5) is 8.78 Å². The molecule has 0 aliphatic heterocycles. The van der Waals surface area contributed by atoms with E-state index in [9.17, 15) is 18.8 Å². The van der Waals surface area contributed by atoms with Crippen molar-refractivity contribution in [1.82, 2.24) is 15.0 Å². The van der Waals surface area contributed by atoms with Gasteiger partial charge in [0.15, 0.2) is 5.49 Å². The third kappa shape index (κ3) is 6.31. The van der Waals surface area contributed by atoms with E-state index in [1.807, 2.05) is 6.92 Å². The highest BCUT2D eigenvalue weighted by molar-refractivity contribution is 6.31. The third-order valence-corrected chi connectivity index (χ3v) is 5.59. The van der Waals surface area contributed by atoms with Crippen LogP contribution in [0.3, 0.4) is 0 Å². The Kier molecular flexibility index (Phi) is 8.24. The van der Waals surface area contributed by atoms with Gasteiger partial charge in [0.1, 0.15) is 12.2 Å². The molecule has 0 unspecified atom stereocenters. The van der Waals surface area contributed by atoms with Gasteiger partial charge < -0.3 is 16.3 Å². The van der Waals surface area contributed by atoms with Crippen molar-refractivity contribution in [3.8, 4) is 0 Å². The van der Waals surface area contributed by atoms with E-state index in [0.717, 1.165) is 11.1 Å². The first-order valence-electron chi connectivity index (χ1n) is 10.3. The zero-order chi connectivity index (χ0) is 24.9. The maximum Gasteiger partial charge on any atom is 0.308 e. The van der Waals surface area contributed by atoms with Crippen molar-refractivity contribution in [3.63, 3.8) is 0 Å². The zero-order valence-electron chi connectivity index (χ0n) is 18.2. The van der Waals surface area contributed by atoms with E-state index < -0.39 is 24.1 Å². The van der Waals surface area contributed by atoms with Crippen molar-refractivity contribution in [2.75, 3.05) is 6.54 Å². The summed E-state index contributed by atoms with van der Waals surface area (Å²) in [5.74, 6) is -3.81. The summed E-state index contributed by atoms with van der Waals surface area (Å²) in [6, 6.07) is 11.8. The van der Waals surface area contributed by atoms with Gasteiger partial charge in [-0.3, -0.25) is 14.8 Å². The highest BCUT2D eigenvalue weighted by Crippen LogP contribution is 2.26. The van der Waals surface area contributed by atoms with Crippen LogP contribution in [0.1, 0.15) is 35.5 Å². The molecule has 2 heterocycles. The highest BCUT2D eigenvalue weighted by Gasteiger charge is 2.32. The average molecular weight is 510 g/mol. The maximum atomic E-state index is 14.4. The number of halogens is 4. The Balaban J connectivity index is 1.76. The van der Waals surface area contributed by atoms with E-state index >= 15 is 0 Å². The largest absolute Gasteiger partial charge is 0.427 e. The number of nitrogens with one attached hydrogen (secondary N) is 1. The van der Waals surface area contributed by atoms with Crippen molar-refractivity contribution >= 4 is 29.1 Å². The molecule has 1 aromatic carbocycles. The second kappa shape index (κ2) is 10.9. The van der Waals surface area contributed by atoms with Crippen molar-refractivity contribution in [1.29, 1.82) is 0 Å². The third-order valence-electron chi connectivity index (χ3n) is 5.01. The monoisotopic (exact) mass is 509 g/mol. The van der Waals surface area contributed by atoms with Gasteiger partial charge in [-0.2, -0.15) is 13.5 Å². The molecule has 0 spiro atoms. The predicted molar refractivity (Wildman–Crippen MR) is 125 cm³/mol. The number of carbonyl (C=O) groups excluding carboxylic acids is 1. The number of benzene rings is 1. The normalized spacial score (nSPS) is 13.1. The number of nitrogens with two attached hydrogens (primary N) is 1. The lowest BCUT2D eigenvalue weighted by molar-refractivity contribution is -0.120. The molecule has 0 saturated carbocycles. The predicted octanol–water partition coefficient (Wildman–Crippen LogP) is 4.00. The van der Waals surface area contributed by atoms with Gasteiger partial charge in [0.25, 0.3) is 0 Å². The van der Waals surface area contributed by atoms with Crippen LogP contribution in [0, 0.1) is 0 Å². The van der Waals surface area contributed by atoms with Gasteiger partial charge in [-0.1, -0.05) is 35.3 Å². The molecule has 180 valence electrons. The molecule has 3 rings (SSSR count). The second-order valence-corrected chi connectivity index (χ2v) is 8.46. The van der Waals surface area contributed by atoms with Crippen LogP contribution in [0.5, 0.6) is 0 Å². The first kappa shape index (κ1) is 25.6. The summed E-state index contributed by atoms with van der Waals surface area (Å²) >= 11 is 12.2. The molecule has 4 N–H and O–H groups in total. The number of hydrogen-bond donors (Lipinski definition) is 3. The van der Waals surface area contributed by atoms with Crippen LogP contribution in [-0.4, -0.2) is 27.4 Å². The van der Waals surface area contributed by atoms with E-state index in [4.69, 9.17) is 28.9 Å². The number of pyridine rings is 2. The molecule has 3 aromatic rings. The van der Waals surface area contributed by atoms with E-state index in [0.29, 0.717) is 9.75 Å². The summed E-state index contributed by atoms with van der Waals surface area (Å²) in [6.07, 6.45) is 0.943. The average Bonchev–Trinajstić information content (AvgIpc) is 2.80. The minimum absolute atomic E-state index is 0.0000737. The van der Waals surface area contributed by atoms with Crippen LogP contribution >= 0.6 is 23.2 Å². The molecule has 2 aromatic heterocycles. The highest BCUT2D eigenvalue weighted by atomic mass is 35.5. The summed E-state index contributed by atoms with van der Waals surface area (Å²) in [7, 11) is 0. The molecular formula is C23H23Cl2F2N5O2. The molecule has 1 amide bonds. The minimum atomic E-state index is -3.35. The Morgan fingerprint density at radius 1 is 1.26 bits per heavy atom. The number of alkyl halides is 2. The van der Waals surface area contributed by atoms with Gasteiger partial charge in [-0.15, -0.1) is 0 Å². The standard InChI is InChI=1S/C23H23Cl2F2N5O2/c1-14(28)17-6-5-16(24)10-15(17)12-30-22(33)11-19-18(25)7-8-21(32(19)34)31-13-23(26,27)20-4-2-3-9-29-20/h2-10,14,34H,11-13,28H2,1H3,(H,30,33)/t14-/m1/s1. The molecule has 11 heteroatoms. The van der Waals surface area contributed by atoms with Crippen LogP contribution in [0.2, 0.25) is 10.0 Å². The Labute approximate surface area is 204 Å². The van der Waals surface area contributed by atoms with Gasteiger partial charge in [-0.05, 0) is 54.4 Å². The van der Waals surface area contributed by atoms with Crippen molar-refractivity contribution in [2.24, 2.45) is 10.7 Å². The molecule has 0 fully saturated rings. The summed E-state index contributed by atoms with van der Waals surface area (Å²) in [5.41, 5.74) is 6.92. The number of amides is 1. The van der Waals surface area contributed by atoms with Gasteiger partial charge in [0.05, 0.1) is 17.1 Å². The summed E-state index contributed by atoms with van der Waals surface area (Å²) in [4.78, 5) is 20.0. The number of carbonyl (C=O) groups is 1. The smallest absolute Gasteiger partial charge is 0.308 e. The molecule has 0 saturated heterocycles. The van der Waals surface area contributed by atoms with Crippen LogP contribution in [-0.2, 0) is 23.7 Å². The van der Waals surface area contributed by atoms with E-state index in [1.54, 1.807) is 18.2 Å². The molecule has 0 aliphatic carbocycles. The molecule has 7 nitrogen and oxygen atoms in total. The first-order valence-corrected chi connectivity index (χ1v) is 11.0. The van der Waals surface area contributed by atoms with Crippen molar-refractivity contribution in [3.05, 3.63) is 92.8 Å². The number of nitrogens with zero attached hydrogens (tertiary/aromatic N) is 3. The van der Waals surface area contributed by atoms with Crippen molar-refractivity contribution < 1.29 is 18.8 Å². The quantitative estimate of drug-likeness (QED) is 0.399. The summed E-state index contributed by atoms with van der Waals surface area (Å²) in [5, 5.41) is 13.8. The molecule has 1 atom stereocenters. The van der Waals surface area contributed by atoms with Gasteiger partial charge in [-0.25, -0.2) is 0 Å². The SMILES string of the molecule is C[C@@H](N)c1ccc(Cl)cc1CNC(=O)Cc1c(Cl)ccc(=NCC(F)(F)c2ccccn2)n1O. The minimum Gasteiger partial charge on any atom is -0.427 e. The Hall–Kier alpha value is -3.01. The Morgan fingerprint density at radius 2 is 2.03 bits per heavy atom. The maximum absolute atomic E-state index is 14.4. The molecule has 0 bridgehead atoms. The van der Waals surface area contributed by atoms with Gasteiger partial charge in [0, 0.05) is 23.8 Å². The van der Waals surface area contributed by atoms with Crippen molar-refractivity contribution in [2.45, 2.75) is 31.9 Å². The zero-order valence-corrected chi connectivity index (χ0v) is 19.7. The Bertz CT molecular complexity index is 1230. The van der Waals surface area contributed by atoms with Gasteiger partial charge in [0.2, 0.25) is 5.91 Å². The second-order valence-electron chi connectivity index (χ2n) is 7.62. The number of aromatic nitrogens is 2. The van der Waals surface area contributed by atoms with E-state index in [1.165, 1.54) is 36.5 Å². The lowest BCUT2D eigenvalue weighted by atomic mass is 10.0. The van der Waals surface area contributed by atoms with Crippen LogP contribution < -0.4 is 16.5 Å². The van der Waals surface area contributed by atoms with Gasteiger partial charge >= 0.3 is 5.92 Å². The molecular weight excluding hydrogens is 487 g/mol. The Morgan fingerprint density at radius 3 is 2.71 bits per heavy atom. The summed E-state index contributed by atoms with van der Waals surface area (Å²) < 4.78 is 29.3.